The minimum absolute atomic E-state index is 0.247. The van der Waals surface area contributed by atoms with Gasteiger partial charge in [0.1, 0.15) is 11.1 Å². The van der Waals surface area contributed by atoms with Gasteiger partial charge in [-0.3, -0.25) is 4.98 Å². The number of ether oxygens (including phenoxy) is 1. The van der Waals surface area contributed by atoms with E-state index in [9.17, 15) is 0 Å². The summed E-state index contributed by atoms with van der Waals surface area (Å²) in [4.78, 5) is 9.12. The fraction of sp³-hybridized carbons (Fsp3) is 0.467. The molecule has 0 aromatic carbocycles. The predicted octanol–water partition coefficient (Wildman–Crippen LogP) is 4.13. The van der Waals surface area contributed by atoms with Gasteiger partial charge in [-0.25, -0.2) is 4.98 Å². The molecule has 0 aliphatic carbocycles. The summed E-state index contributed by atoms with van der Waals surface area (Å²) in [5, 5.41) is 3.31. The number of hydrogen-bond donors (Lipinski definition) is 0. The Balaban J connectivity index is 1.52. The average Bonchev–Trinajstić information content (AvgIpc) is 3.11. The van der Waals surface area contributed by atoms with Crippen LogP contribution in [-0.2, 0) is 16.2 Å². The number of thiazole rings is 1. The Labute approximate surface area is 127 Å². The van der Waals surface area contributed by atoms with Crippen LogP contribution in [0.1, 0.15) is 40.9 Å². The third-order valence-electron chi connectivity index (χ3n) is 3.38. The van der Waals surface area contributed by atoms with E-state index in [4.69, 9.17) is 9.72 Å². The van der Waals surface area contributed by atoms with Crippen LogP contribution in [0.5, 0.6) is 0 Å². The molecule has 0 radical (unpaired) electrons. The lowest BCUT2D eigenvalue weighted by atomic mass is 10.2. The van der Waals surface area contributed by atoms with Crippen LogP contribution in [0.4, 0.5) is 0 Å². The molecule has 5 heteroatoms. The zero-order chi connectivity index (χ0) is 13.8. The monoisotopic (exact) mass is 306 g/mol. The Morgan fingerprint density at radius 3 is 3.20 bits per heavy atom. The molecular formula is C15H18N2OS2. The van der Waals surface area contributed by atoms with Crippen molar-refractivity contribution in [2.24, 2.45) is 0 Å². The van der Waals surface area contributed by atoms with Crippen molar-refractivity contribution in [3.63, 3.8) is 0 Å². The normalized spacial score (nSPS) is 18.6. The molecule has 106 valence electrons. The number of rotatable bonds is 5. The highest BCUT2D eigenvalue weighted by molar-refractivity contribution is 7.97. The van der Waals surface area contributed by atoms with Crippen molar-refractivity contribution in [3.8, 4) is 0 Å². The van der Waals surface area contributed by atoms with E-state index in [2.05, 4.69) is 23.4 Å². The van der Waals surface area contributed by atoms with Crippen molar-refractivity contribution < 1.29 is 4.74 Å². The first-order valence-corrected chi connectivity index (χ1v) is 8.90. The highest BCUT2D eigenvalue weighted by Gasteiger charge is 2.20. The third kappa shape index (κ3) is 3.40. The summed E-state index contributed by atoms with van der Waals surface area (Å²) in [5.74, 6) is 1.89. The Kier molecular flexibility index (Phi) is 4.70. The molecule has 1 aliphatic rings. The molecule has 2 aromatic heterocycles. The summed E-state index contributed by atoms with van der Waals surface area (Å²) in [5.41, 5.74) is 3.60. The summed E-state index contributed by atoms with van der Waals surface area (Å²) >= 11 is 3.60. The van der Waals surface area contributed by atoms with Gasteiger partial charge in [-0.2, -0.15) is 0 Å². The molecule has 0 saturated carbocycles. The summed E-state index contributed by atoms with van der Waals surface area (Å²) in [6, 6.07) is 4.10. The van der Waals surface area contributed by atoms with Crippen molar-refractivity contribution in [3.05, 3.63) is 45.7 Å². The van der Waals surface area contributed by atoms with Crippen LogP contribution in [0, 0.1) is 6.92 Å². The van der Waals surface area contributed by atoms with E-state index in [1.165, 1.54) is 17.0 Å². The summed E-state index contributed by atoms with van der Waals surface area (Å²) in [6.07, 6.45) is 4.39. The van der Waals surface area contributed by atoms with Crippen molar-refractivity contribution in [1.82, 2.24) is 9.97 Å². The first kappa shape index (κ1) is 14.0. The topological polar surface area (TPSA) is 35.0 Å². The fourth-order valence-corrected chi connectivity index (χ4v) is 4.19. The molecule has 1 atom stereocenters. The van der Waals surface area contributed by atoms with E-state index < -0.39 is 0 Å². The smallest absolute Gasteiger partial charge is 0.122 e. The Morgan fingerprint density at radius 1 is 1.45 bits per heavy atom. The van der Waals surface area contributed by atoms with Crippen LogP contribution in [0.2, 0.25) is 0 Å². The maximum absolute atomic E-state index is 5.67. The van der Waals surface area contributed by atoms with E-state index in [1.54, 1.807) is 11.3 Å². The molecular weight excluding hydrogens is 288 g/mol. The zero-order valence-corrected chi connectivity index (χ0v) is 13.2. The summed E-state index contributed by atoms with van der Waals surface area (Å²) < 4.78 is 5.67. The van der Waals surface area contributed by atoms with Crippen molar-refractivity contribution in [1.29, 1.82) is 0 Å². The van der Waals surface area contributed by atoms with Gasteiger partial charge in [0.15, 0.2) is 0 Å². The van der Waals surface area contributed by atoms with E-state index in [0.29, 0.717) is 0 Å². The van der Waals surface area contributed by atoms with Gasteiger partial charge < -0.3 is 4.74 Å². The molecule has 3 nitrogen and oxygen atoms in total. The van der Waals surface area contributed by atoms with Gasteiger partial charge >= 0.3 is 0 Å². The zero-order valence-electron chi connectivity index (χ0n) is 11.5. The first-order chi connectivity index (χ1) is 9.83. The largest absolute Gasteiger partial charge is 0.371 e. The second-order valence-electron chi connectivity index (χ2n) is 4.94. The standard InChI is InChI=1S/C15H18N2OS2/c1-11-4-2-6-16-13(11)10-19-8-12-9-20-15(17-12)14-5-3-7-18-14/h2,4,6,9,14H,3,5,7-8,10H2,1H3/t14-/m0/s1. The molecule has 20 heavy (non-hydrogen) atoms. The highest BCUT2D eigenvalue weighted by Crippen LogP contribution is 2.31. The van der Waals surface area contributed by atoms with Gasteiger partial charge in [-0.1, -0.05) is 6.07 Å². The van der Waals surface area contributed by atoms with Gasteiger partial charge in [-0.05, 0) is 31.4 Å². The molecule has 1 aliphatic heterocycles. The number of thioether (sulfide) groups is 1. The number of nitrogens with zero attached hydrogens (tertiary/aromatic N) is 2. The van der Waals surface area contributed by atoms with Crippen LogP contribution in [-0.4, -0.2) is 16.6 Å². The number of aryl methyl sites for hydroxylation is 1. The van der Waals surface area contributed by atoms with Crippen LogP contribution in [0.25, 0.3) is 0 Å². The quantitative estimate of drug-likeness (QED) is 0.832. The van der Waals surface area contributed by atoms with Crippen LogP contribution < -0.4 is 0 Å². The van der Waals surface area contributed by atoms with E-state index in [-0.39, 0.29) is 6.10 Å². The molecule has 0 spiro atoms. The van der Waals surface area contributed by atoms with Gasteiger partial charge in [-0.15, -0.1) is 23.1 Å². The van der Waals surface area contributed by atoms with Crippen molar-refractivity contribution in [2.75, 3.05) is 6.61 Å². The number of pyridine rings is 1. The van der Waals surface area contributed by atoms with Crippen LogP contribution >= 0.6 is 23.1 Å². The maximum atomic E-state index is 5.67. The van der Waals surface area contributed by atoms with E-state index in [1.807, 2.05) is 24.0 Å². The Hall–Kier alpha value is -0.910. The number of hydrogen-bond acceptors (Lipinski definition) is 5. The molecule has 3 rings (SSSR count). The average molecular weight is 306 g/mol. The molecule has 0 N–H and O–H groups in total. The molecule has 3 heterocycles. The third-order valence-corrected chi connectivity index (χ3v) is 5.34. The SMILES string of the molecule is Cc1cccnc1CSCc1csc([C@@H]2CCCO2)n1. The van der Waals surface area contributed by atoms with Gasteiger partial charge in [0.05, 0.1) is 11.4 Å². The fourth-order valence-electron chi connectivity index (χ4n) is 2.23. The lowest BCUT2D eigenvalue weighted by Gasteiger charge is -2.04. The molecule has 1 saturated heterocycles. The molecule has 2 aromatic rings. The minimum Gasteiger partial charge on any atom is -0.371 e. The van der Waals surface area contributed by atoms with Gasteiger partial charge in [0, 0.05) is 29.7 Å². The molecule has 0 bridgehead atoms. The van der Waals surface area contributed by atoms with E-state index in [0.717, 1.165) is 36.0 Å². The van der Waals surface area contributed by atoms with Crippen molar-refractivity contribution >= 4 is 23.1 Å². The molecule has 0 amide bonds. The Morgan fingerprint density at radius 2 is 2.40 bits per heavy atom. The second-order valence-corrected chi connectivity index (χ2v) is 6.81. The predicted molar refractivity (Wildman–Crippen MR) is 84.0 cm³/mol. The van der Waals surface area contributed by atoms with Gasteiger partial charge in [0.2, 0.25) is 0 Å². The van der Waals surface area contributed by atoms with E-state index >= 15 is 0 Å². The first-order valence-electron chi connectivity index (χ1n) is 6.87. The lowest BCUT2D eigenvalue weighted by Crippen LogP contribution is -1.95. The Bertz CT molecular complexity index is 565. The van der Waals surface area contributed by atoms with Crippen molar-refractivity contribution in [2.45, 2.75) is 37.4 Å². The van der Waals surface area contributed by atoms with Crippen LogP contribution in [0.3, 0.4) is 0 Å². The summed E-state index contributed by atoms with van der Waals surface area (Å²) in [6.45, 7) is 2.99. The highest BCUT2D eigenvalue weighted by atomic mass is 32.2. The minimum atomic E-state index is 0.247. The molecule has 0 unspecified atom stereocenters. The lowest BCUT2D eigenvalue weighted by molar-refractivity contribution is 0.111. The van der Waals surface area contributed by atoms with Crippen LogP contribution in [0.15, 0.2) is 23.7 Å². The van der Waals surface area contributed by atoms with Gasteiger partial charge in [0.25, 0.3) is 0 Å². The summed E-state index contributed by atoms with van der Waals surface area (Å²) in [7, 11) is 0. The maximum Gasteiger partial charge on any atom is 0.122 e. The number of aromatic nitrogens is 2. The molecule has 1 fully saturated rings. The second kappa shape index (κ2) is 6.70.